The summed E-state index contributed by atoms with van der Waals surface area (Å²) in [6.45, 7) is 2.68. The molecule has 1 aliphatic heterocycles. The fourth-order valence-corrected chi connectivity index (χ4v) is 3.28. The van der Waals surface area contributed by atoms with Crippen molar-refractivity contribution < 1.29 is 0 Å². The van der Waals surface area contributed by atoms with Gasteiger partial charge in [-0.1, -0.05) is 18.2 Å². The molecule has 0 saturated carbocycles. The molecule has 4 aromatic rings. The van der Waals surface area contributed by atoms with Crippen molar-refractivity contribution in [3.05, 3.63) is 72.8 Å². The Morgan fingerprint density at radius 2 is 1.93 bits per heavy atom. The molecule has 0 saturated heterocycles. The van der Waals surface area contributed by atoms with Crippen LogP contribution < -0.4 is 10.6 Å². The Morgan fingerprint density at radius 1 is 1.04 bits per heavy atom. The quantitative estimate of drug-likeness (QED) is 0.556. The van der Waals surface area contributed by atoms with Gasteiger partial charge in [0, 0.05) is 31.2 Å². The van der Waals surface area contributed by atoms with Gasteiger partial charge in [-0.2, -0.15) is 5.10 Å². The molecule has 1 aromatic carbocycles. The normalized spacial score (nSPS) is 12.9. The first-order chi connectivity index (χ1) is 13.4. The van der Waals surface area contributed by atoms with Crippen LogP contribution in [0.1, 0.15) is 5.69 Å². The number of nitrogens with one attached hydrogen (secondary N) is 2. The van der Waals surface area contributed by atoms with Crippen molar-refractivity contribution in [1.82, 2.24) is 29.6 Å². The van der Waals surface area contributed by atoms with Gasteiger partial charge in [-0.15, -0.1) is 12.4 Å². The third kappa shape index (κ3) is 3.49. The molecule has 0 amide bonds. The molecule has 0 unspecified atom stereocenters. The number of benzene rings is 1. The van der Waals surface area contributed by atoms with Gasteiger partial charge in [0.25, 0.3) is 0 Å². The molecule has 7 nitrogen and oxygen atoms in total. The zero-order valence-electron chi connectivity index (χ0n) is 15.1. The van der Waals surface area contributed by atoms with E-state index in [2.05, 4.69) is 31.3 Å². The number of fused-ring (bicyclic) bond motifs is 1. The second-order valence-corrected chi connectivity index (χ2v) is 6.43. The van der Waals surface area contributed by atoms with E-state index >= 15 is 0 Å². The predicted molar refractivity (Wildman–Crippen MR) is 111 cm³/mol. The highest BCUT2D eigenvalue weighted by Crippen LogP contribution is 2.23. The van der Waals surface area contributed by atoms with Gasteiger partial charge in [0.15, 0.2) is 5.82 Å². The molecule has 5 rings (SSSR count). The molecule has 3 aromatic heterocycles. The minimum Gasteiger partial charge on any atom is -0.340 e. The van der Waals surface area contributed by atoms with Crippen LogP contribution >= 0.6 is 12.4 Å². The number of hydrogen-bond donors (Lipinski definition) is 2. The minimum atomic E-state index is 0. The number of para-hydroxylation sites is 1. The topological polar surface area (TPSA) is 72.6 Å². The summed E-state index contributed by atoms with van der Waals surface area (Å²) in [6, 6.07) is 16.1. The van der Waals surface area contributed by atoms with Gasteiger partial charge in [-0.05, 0) is 30.3 Å². The van der Waals surface area contributed by atoms with Crippen LogP contribution in [0.5, 0.6) is 0 Å². The molecule has 0 radical (unpaired) electrons. The van der Waals surface area contributed by atoms with Crippen molar-refractivity contribution in [2.75, 3.05) is 11.9 Å². The van der Waals surface area contributed by atoms with Crippen molar-refractivity contribution in [3.63, 3.8) is 0 Å². The van der Waals surface area contributed by atoms with E-state index in [9.17, 15) is 0 Å². The molecule has 28 heavy (non-hydrogen) atoms. The summed E-state index contributed by atoms with van der Waals surface area (Å²) in [5.74, 6) is 1.62. The summed E-state index contributed by atoms with van der Waals surface area (Å²) >= 11 is 0. The highest BCUT2D eigenvalue weighted by atomic mass is 35.5. The summed E-state index contributed by atoms with van der Waals surface area (Å²) in [5, 5.41) is 11.4. The number of rotatable bonds is 4. The number of aromatic nitrogens is 5. The van der Waals surface area contributed by atoms with Crippen LogP contribution in [0.4, 0.5) is 11.5 Å². The largest absolute Gasteiger partial charge is 0.340 e. The molecule has 0 spiro atoms. The van der Waals surface area contributed by atoms with Crippen LogP contribution in [0.3, 0.4) is 0 Å². The van der Waals surface area contributed by atoms with Gasteiger partial charge < -0.3 is 10.6 Å². The summed E-state index contributed by atoms with van der Waals surface area (Å²) in [4.78, 5) is 9.05. The summed E-state index contributed by atoms with van der Waals surface area (Å²) in [7, 11) is 0. The molecule has 142 valence electrons. The van der Waals surface area contributed by atoms with E-state index in [0.717, 1.165) is 48.3 Å². The Bertz CT molecular complexity index is 1030. The number of hydrogen-bond acceptors (Lipinski definition) is 5. The van der Waals surface area contributed by atoms with Gasteiger partial charge in [-0.3, -0.25) is 9.25 Å². The number of anilines is 2. The van der Waals surface area contributed by atoms with Crippen LogP contribution in [-0.4, -0.2) is 30.9 Å². The Balaban J connectivity index is 0.00000192. The van der Waals surface area contributed by atoms with E-state index < -0.39 is 0 Å². The van der Waals surface area contributed by atoms with E-state index in [4.69, 9.17) is 5.10 Å². The van der Waals surface area contributed by atoms with Gasteiger partial charge in [0.2, 0.25) is 0 Å². The van der Waals surface area contributed by atoms with Crippen molar-refractivity contribution in [2.24, 2.45) is 0 Å². The minimum absolute atomic E-state index is 0. The maximum absolute atomic E-state index is 4.71. The lowest BCUT2D eigenvalue weighted by molar-refractivity contribution is 0.476. The Labute approximate surface area is 168 Å². The molecular formula is C20H20ClN7. The van der Waals surface area contributed by atoms with Gasteiger partial charge in [-0.25, -0.2) is 9.97 Å². The maximum atomic E-state index is 4.71. The van der Waals surface area contributed by atoms with E-state index in [1.54, 1.807) is 6.20 Å². The fourth-order valence-electron chi connectivity index (χ4n) is 3.28. The van der Waals surface area contributed by atoms with Crippen LogP contribution in [-0.2, 0) is 13.1 Å². The highest BCUT2D eigenvalue weighted by Gasteiger charge is 2.16. The lowest BCUT2D eigenvalue weighted by atomic mass is 10.3. The zero-order chi connectivity index (χ0) is 18.1. The van der Waals surface area contributed by atoms with E-state index in [-0.39, 0.29) is 12.4 Å². The van der Waals surface area contributed by atoms with Crippen molar-refractivity contribution in [1.29, 1.82) is 0 Å². The summed E-state index contributed by atoms with van der Waals surface area (Å²) in [6.07, 6.45) is 5.57. The maximum Gasteiger partial charge on any atom is 0.165 e. The molecule has 0 fully saturated rings. The number of imidazole rings is 1. The molecular weight excluding hydrogens is 374 g/mol. The van der Waals surface area contributed by atoms with Crippen LogP contribution in [0, 0.1) is 0 Å². The van der Waals surface area contributed by atoms with Crippen LogP contribution in [0.15, 0.2) is 67.1 Å². The van der Waals surface area contributed by atoms with Gasteiger partial charge >= 0.3 is 0 Å². The number of halogens is 1. The third-order valence-corrected chi connectivity index (χ3v) is 4.61. The fraction of sp³-hybridized carbons (Fsp3) is 0.150. The average Bonchev–Trinajstić information content (AvgIpc) is 3.36. The Morgan fingerprint density at radius 3 is 2.71 bits per heavy atom. The Kier molecular flexibility index (Phi) is 5.10. The van der Waals surface area contributed by atoms with Crippen LogP contribution in [0.25, 0.3) is 17.2 Å². The predicted octanol–water partition coefficient (Wildman–Crippen LogP) is 3.40. The number of nitrogens with zero attached hydrogens (tertiary/aromatic N) is 5. The molecule has 0 aliphatic carbocycles. The Hall–Kier alpha value is -3.16. The third-order valence-electron chi connectivity index (χ3n) is 4.61. The van der Waals surface area contributed by atoms with Crippen molar-refractivity contribution >= 4 is 23.9 Å². The molecule has 0 bridgehead atoms. The summed E-state index contributed by atoms with van der Waals surface area (Å²) < 4.78 is 4.07. The first-order valence-corrected chi connectivity index (χ1v) is 8.96. The average molecular weight is 394 g/mol. The first-order valence-electron chi connectivity index (χ1n) is 8.96. The molecule has 0 atom stereocenters. The first kappa shape index (κ1) is 18.2. The second kappa shape index (κ2) is 7.84. The molecule has 4 heterocycles. The van der Waals surface area contributed by atoms with Crippen molar-refractivity contribution in [3.8, 4) is 17.2 Å². The SMILES string of the molecule is Cl.c1ccc(Nc2ccc(-n3ccnc3-c3cc4n(n3)CCNC4)cn2)cc1. The second-order valence-electron chi connectivity index (χ2n) is 6.43. The molecule has 8 heteroatoms. The molecule has 2 N–H and O–H groups in total. The van der Waals surface area contributed by atoms with E-state index in [1.165, 1.54) is 5.69 Å². The summed E-state index contributed by atoms with van der Waals surface area (Å²) in [5.41, 5.74) is 4.03. The van der Waals surface area contributed by atoms with E-state index in [0.29, 0.717) is 0 Å². The number of pyridine rings is 1. The highest BCUT2D eigenvalue weighted by molar-refractivity contribution is 5.85. The zero-order valence-corrected chi connectivity index (χ0v) is 15.9. The lowest BCUT2D eigenvalue weighted by Gasteiger charge is -2.13. The van der Waals surface area contributed by atoms with Crippen molar-refractivity contribution in [2.45, 2.75) is 13.1 Å². The van der Waals surface area contributed by atoms with Crippen LogP contribution in [0.2, 0.25) is 0 Å². The van der Waals surface area contributed by atoms with E-state index in [1.807, 2.05) is 59.4 Å². The molecule has 1 aliphatic rings. The monoisotopic (exact) mass is 393 g/mol. The van der Waals surface area contributed by atoms with Gasteiger partial charge in [0.1, 0.15) is 11.5 Å². The van der Waals surface area contributed by atoms with Gasteiger partial charge in [0.05, 0.1) is 24.1 Å². The standard InChI is InChI=1S/C20H19N7.ClH/c1-2-4-15(5-3-1)24-19-7-6-16(14-23-19)26-10-9-22-20(26)18-12-17-13-21-8-11-27(17)25-18;/h1-7,9-10,12,14,21H,8,11,13H2,(H,23,24);1H. The lowest BCUT2D eigenvalue weighted by Crippen LogP contribution is -2.28. The smallest absolute Gasteiger partial charge is 0.165 e.